The first-order valence-electron chi connectivity index (χ1n) is 5.20. The topological polar surface area (TPSA) is 26.0 Å². The van der Waals surface area contributed by atoms with Crippen LogP contribution in [0.4, 0.5) is 8.78 Å². The first-order valence-corrected chi connectivity index (χ1v) is 5.20. The third-order valence-electron chi connectivity index (χ3n) is 3.39. The summed E-state index contributed by atoms with van der Waals surface area (Å²) < 4.78 is 27.4. The molecule has 0 spiro atoms. The smallest absolute Gasteiger partial charge is 0.131 e. The number of rotatable bonds is 1. The summed E-state index contributed by atoms with van der Waals surface area (Å²) in [4.78, 5) is 0. The molecule has 2 N–H and O–H groups in total. The van der Waals surface area contributed by atoms with Gasteiger partial charge in [0.15, 0.2) is 0 Å². The highest BCUT2D eigenvalue weighted by atomic mass is 19.1. The van der Waals surface area contributed by atoms with Crippen molar-refractivity contribution in [1.29, 1.82) is 0 Å². The fraction of sp³-hybridized carbons (Fsp3) is 0.500. The van der Waals surface area contributed by atoms with Crippen LogP contribution in [0.5, 0.6) is 0 Å². The van der Waals surface area contributed by atoms with Gasteiger partial charge in [0.1, 0.15) is 11.6 Å². The van der Waals surface area contributed by atoms with Gasteiger partial charge in [-0.15, -0.1) is 0 Å². The molecule has 0 radical (unpaired) electrons. The Hall–Kier alpha value is -0.960. The van der Waals surface area contributed by atoms with Gasteiger partial charge in [0.05, 0.1) is 0 Å². The molecular weight excluding hydrogens is 196 g/mol. The molecule has 82 valence electrons. The maximum Gasteiger partial charge on any atom is 0.131 e. The van der Waals surface area contributed by atoms with Crippen LogP contribution in [0.25, 0.3) is 0 Å². The van der Waals surface area contributed by atoms with Gasteiger partial charge in [-0.3, -0.25) is 0 Å². The van der Waals surface area contributed by atoms with Crippen molar-refractivity contribution < 1.29 is 8.78 Å². The molecule has 1 aromatic rings. The Labute approximate surface area is 88.3 Å². The quantitative estimate of drug-likeness (QED) is 0.759. The fourth-order valence-electron chi connectivity index (χ4n) is 2.24. The van der Waals surface area contributed by atoms with Crippen LogP contribution in [0.1, 0.15) is 36.0 Å². The van der Waals surface area contributed by atoms with E-state index in [1.165, 1.54) is 6.07 Å². The van der Waals surface area contributed by atoms with E-state index in [1.54, 1.807) is 13.8 Å². The van der Waals surface area contributed by atoms with E-state index < -0.39 is 5.54 Å². The van der Waals surface area contributed by atoms with Gasteiger partial charge in [-0.1, -0.05) is 0 Å². The van der Waals surface area contributed by atoms with Crippen LogP contribution in [0.15, 0.2) is 6.07 Å². The van der Waals surface area contributed by atoms with Crippen LogP contribution >= 0.6 is 0 Å². The molecule has 1 saturated carbocycles. The molecule has 0 bridgehead atoms. The molecule has 1 aliphatic carbocycles. The second-order valence-electron chi connectivity index (χ2n) is 4.50. The lowest BCUT2D eigenvalue weighted by Gasteiger charge is -2.40. The molecular formula is C12H15F2N. The standard InChI is InChI=1S/C12H15F2N/c1-7-6-9(13)8(2)10(11(7)14)12(15)4-3-5-12/h6H,3-5,15H2,1-2H3. The van der Waals surface area contributed by atoms with Crippen molar-refractivity contribution in [1.82, 2.24) is 0 Å². The molecule has 15 heavy (non-hydrogen) atoms. The normalized spacial score (nSPS) is 18.7. The first-order chi connectivity index (χ1) is 6.96. The van der Waals surface area contributed by atoms with Gasteiger partial charge in [0, 0.05) is 11.1 Å². The zero-order chi connectivity index (χ0) is 11.2. The number of aryl methyl sites for hydroxylation is 1. The molecule has 0 amide bonds. The van der Waals surface area contributed by atoms with Crippen LogP contribution in [-0.4, -0.2) is 0 Å². The van der Waals surface area contributed by atoms with Crippen LogP contribution in [0.2, 0.25) is 0 Å². The number of benzene rings is 1. The minimum atomic E-state index is -0.638. The number of halogens is 2. The SMILES string of the molecule is Cc1cc(F)c(C)c(C2(N)CCC2)c1F. The molecule has 2 rings (SSSR count). The second-order valence-corrected chi connectivity index (χ2v) is 4.50. The molecule has 0 aromatic heterocycles. The van der Waals surface area contributed by atoms with Gasteiger partial charge < -0.3 is 5.73 Å². The molecule has 0 saturated heterocycles. The summed E-state index contributed by atoms with van der Waals surface area (Å²) in [5, 5.41) is 0. The molecule has 0 aliphatic heterocycles. The Morgan fingerprint density at radius 3 is 2.33 bits per heavy atom. The van der Waals surface area contributed by atoms with Gasteiger partial charge >= 0.3 is 0 Å². The predicted molar refractivity (Wildman–Crippen MR) is 55.5 cm³/mol. The second kappa shape index (κ2) is 3.27. The van der Waals surface area contributed by atoms with Crippen LogP contribution in [0.3, 0.4) is 0 Å². The maximum atomic E-state index is 13.9. The molecule has 3 heteroatoms. The average Bonchev–Trinajstić information content (AvgIpc) is 2.12. The van der Waals surface area contributed by atoms with Gasteiger partial charge in [0.2, 0.25) is 0 Å². The molecule has 1 aliphatic rings. The molecule has 0 atom stereocenters. The molecule has 1 aromatic carbocycles. The van der Waals surface area contributed by atoms with Gasteiger partial charge in [-0.2, -0.15) is 0 Å². The van der Waals surface area contributed by atoms with Gasteiger partial charge in [-0.05, 0) is 50.3 Å². The number of nitrogens with two attached hydrogens (primary N) is 1. The van der Waals surface area contributed by atoms with Crippen molar-refractivity contribution in [2.45, 2.75) is 38.6 Å². The van der Waals surface area contributed by atoms with E-state index in [2.05, 4.69) is 0 Å². The van der Waals surface area contributed by atoms with Crippen LogP contribution < -0.4 is 5.73 Å². The Morgan fingerprint density at radius 1 is 1.27 bits per heavy atom. The van der Waals surface area contributed by atoms with Crippen LogP contribution in [-0.2, 0) is 5.54 Å². The molecule has 0 heterocycles. The highest BCUT2D eigenvalue weighted by molar-refractivity contribution is 5.40. The largest absolute Gasteiger partial charge is 0.321 e. The van der Waals surface area contributed by atoms with E-state index in [9.17, 15) is 8.78 Å². The van der Waals surface area contributed by atoms with Crippen LogP contribution in [0, 0.1) is 25.5 Å². The number of hydrogen-bond acceptors (Lipinski definition) is 1. The Kier molecular flexibility index (Phi) is 2.30. The lowest BCUT2D eigenvalue weighted by molar-refractivity contribution is 0.242. The van der Waals surface area contributed by atoms with Crippen molar-refractivity contribution in [3.63, 3.8) is 0 Å². The molecule has 0 unspecified atom stereocenters. The Bertz CT molecular complexity index is 382. The monoisotopic (exact) mass is 211 g/mol. The van der Waals surface area contributed by atoms with Crippen molar-refractivity contribution in [3.05, 3.63) is 34.4 Å². The van der Waals surface area contributed by atoms with E-state index in [1.807, 2.05) is 0 Å². The van der Waals surface area contributed by atoms with Gasteiger partial charge in [0.25, 0.3) is 0 Å². The Morgan fingerprint density at radius 2 is 1.87 bits per heavy atom. The summed E-state index contributed by atoms with van der Waals surface area (Å²) in [5.41, 5.74) is 6.50. The summed E-state index contributed by atoms with van der Waals surface area (Å²) in [5.74, 6) is -0.697. The van der Waals surface area contributed by atoms with Gasteiger partial charge in [-0.25, -0.2) is 8.78 Å². The predicted octanol–water partition coefficient (Wildman–Crippen LogP) is 2.92. The minimum absolute atomic E-state index is 0.337. The van der Waals surface area contributed by atoms with Crippen molar-refractivity contribution in [3.8, 4) is 0 Å². The molecule has 1 nitrogen and oxygen atoms in total. The van der Waals surface area contributed by atoms with E-state index in [4.69, 9.17) is 5.73 Å². The lowest BCUT2D eigenvalue weighted by atomic mass is 9.71. The summed E-state index contributed by atoms with van der Waals surface area (Å²) in [7, 11) is 0. The third kappa shape index (κ3) is 1.46. The lowest BCUT2D eigenvalue weighted by Crippen LogP contribution is -2.45. The van der Waals surface area contributed by atoms with E-state index in [-0.39, 0.29) is 11.6 Å². The fourth-order valence-corrected chi connectivity index (χ4v) is 2.24. The first kappa shape index (κ1) is 10.6. The number of hydrogen-bond donors (Lipinski definition) is 1. The zero-order valence-corrected chi connectivity index (χ0v) is 9.03. The third-order valence-corrected chi connectivity index (χ3v) is 3.39. The minimum Gasteiger partial charge on any atom is -0.321 e. The summed E-state index contributed by atoms with van der Waals surface area (Å²) >= 11 is 0. The van der Waals surface area contributed by atoms with Crippen molar-refractivity contribution in [2.24, 2.45) is 5.73 Å². The highest BCUT2D eigenvalue weighted by Crippen LogP contribution is 2.42. The van der Waals surface area contributed by atoms with E-state index in [0.717, 1.165) is 19.3 Å². The summed E-state index contributed by atoms with van der Waals surface area (Å²) in [6.45, 7) is 3.17. The van der Waals surface area contributed by atoms with Crippen molar-refractivity contribution in [2.75, 3.05) is 0 Å². The van der Waals surface area contributed by atoms with E-state index in [0.29, 0.717) is 16.7 Å². The average molecular weight is 211 g/mol. The zero-order valence-electron chi connectivity index (χ0n) is 9.03. The Balaban J connectivity index is 2.63. The highest BCUT2D eigenvalue weighted by Gasteiger charge is 2.38. The molecule has 1 fully saturated rings. The van der Waals surface area contributed by atoms with E-state index >= 15 is 0 Å². The summed E-state index contributed by atoms with van der Waals surface area (Å²) in [6, 6.07) is 1.23. The maximum absolute atomic E-state index is 13.9. The van der Waals surface area contributed by atoms with Crippen molar-refractivity contribution >= 4 is 0 Å². The summed E-state index contributed by atoms with van der Waals surface area (Å²) in [6.07, 6.45) is 2.48.